The molecule has 0 saturated heterocycles. The lowest BCUT2D eigenvalue weighted by Gasteiger charge is -2.32. The molecule has 0 aromatic carbocycles. The van der Waals surface area contributed by atoms with E-state index in [-0.39, 0.29) is 0 Å². The quantitative estimate of drug-likeness (QED) is 0.488. The van der Waals surface area contributed by atoms with Crippen LogP contribution in [-0.2, 0) is 4.43 Å². The van der Waals surface area contributed by atoms with Crippen LogP contribution in [0.15, 0.2) is 0 Å². The Balaban J connectivity index is 4.16. The average molecular weight is 259 g/mol. The maximum absolute atomic E-state index is 6.43. The van der Waals surface area contributed by atoms with Gasteiger partial charge in [0.05, 0.1) is 0 Å². The standard InChI is InChI=1S/C15H34OSi/c1-8-14(9-2)11-12-15(10-3)16-17(6,7)13(4)5/h13-15H,8-12H2,1-7H3. The van der Waals surface area contributed by atoms with E-state index in [1.807, 2.05) is 0 Å². The predicted octanol–water partition coefficient (Wildman–Crippen LogP) is 5.61. The van der Waals surface area contributed by atoms with Crippen LogP contribution in [0.4, 0.5) is 0 Å². The molecule has 0 fully saturated rings. The summed E-state index contributed by atoms with van der Waals surface area (Å²) in [6.07, 6.45) is 6.90. The second-order valence-electron chi connectivity index (χ2n) is 6.17. The monoisotopic (exact) mass is 258 g/mol. The molecule has 2 heteroatoms. The topological polar surface area (TPSA) is 9.23 Å². The summed E-state index contributed by atoms with van der Waals surface area (Å²) in [5.74, 6) is 0.900. The highest BCUT2D eigenvalue weighted by molar-refractivity contribution is 6.72. The molecular formula is C15H34OSi. The molecule has 0 heterocycles. The van der Waals surface area contributed by atoms with Crippen LogP contribution in [-0.4, -0.2) is 14.4 Å². The molecule has 104 valence electrons. The van der Waals surface area contributed by atoms with E-state index in [2.05, 4.69) is 47.7 Å². The van der Waals surface area contributed by atoms with Gasteiger partial charge in [0.15, 0.2) is 8.32 Å². The van der Waals surface area contributed by atoms with Gasteiger partial charge in [-0.05, 0) is 43.8 Å². The van der Waals surface area contributed by atoms with E-state index in [0.29, 0.717) is 11.6 Å². The van der Waals surface area contributed by atoms with Gasteiger partial charge in [0.2, 0.25) is 0 Å². The lowest BCUT2D eigenvalue weighted by atomic mass is 9.95. The van der Waals surface area contributed by atoms with Gasteiger partial charge < -0.3 is 4.43 Å². The molecule has 0 aliphatic heterocycles. The summed E-state index contributed by atoms with van der Waals surface area (Å²) in [6.45, 7) is 16.2. The van der Waals surface area contributed by atoms with Gasteiger partial charge in [0, 0.05) is 6.10 Å². The largest absolute Gasteiger partial charge is 0.414 e. The summed E-state index contributed by atoms with van der Waals surface area (Å²) in [5.41, 5.74) is 0.713. The van der Waals surface area contributed by atoms with E-state index in [9.17, 15) is 0 Å². The van der Waals surface area contributed by atoms with Crippen LogP contribution < -0.4 is 0 Å². The lowest BCUT2D eigenvalue weighted by Crippen LogP contribution is -2.38. The maximum Gasteiger partial charge on any atom is 0.189 e. The van der Waals surface area contributed by atoms with Gasteiger partial charge in [-0.2, -0.15) is 0 Å². The SMILES string of the molecule is CCC(CC)CCC(CC)O[Si](C)(C)C(C)C. The minimum absolute atomic E-state index is 0.500. The van der Waals surface area contributed by atoms with E-state index in [1.54, 1.807) is 0 Å². The highest BCUT2D eigenvalue weighted by Crippen LogP contribution is 2.26. The van der Waals surface area contributed by atoms with Crippen LogP contribution in [0, 0.1) is 5.92 Å². The van der Waals surface area contributed by atoms with Crippen molar-refractivity contribution in [3.63, 3.8) is 0 Å². The summed E-state index contributed by atoms with van der Waals surface area (Å²) in [4.78, 5) is 0. The fourth-order valence-corrected chi connectivity index (χ4v) is 3.45. The van der Waals surface area contributed by atoms with Crippen LogP contribution in [0.1, 0.15) is 66.7 Å². The highest BCUT2D eigenvalue weighted by atomic mass is 28.4. The molecule has 0 saturated carbocycles. The molecule has 1 atom stereocenters. The Bertz CT molecular complexity index is 185. The Morgan fingerprint density at radius 3 is 1.76 bits per heavy atom. The van der Waals surface area contributed by atoms with Gasteiger partial charge in [-0.15, -0.1) is 0 Å². The summed E-state index contributed by atoms with van der Waals surface area (Å²) in [5, 5.41) is 0. The van der Waals surface area contributed by atoms with Crippen molar-refractivity contribution in [1.82, 2.24) is 0 Å². The molecule has 0 aliphatic carbocycles. The highest BCUT2D eigenvalue weighted by Gasteiger charge is 2.29. The van der Waals surface area contributed by atoms with Gasteiger partial charge in [-0.3, -0.25) is 0 Å². The van der Waals surface area contributed by atoms with E-state index in [4.69, 9.17) is 4.43 Å². The van der Waals surface area contributed by atoms with Gasteiger partial charge in [-0.25, -0.2) is 0 Å². The van der Waals surface area contributed by atoms with Crippen molar-refractivity contribution in [2.24, 2.45) is 5.92 Å². The first-order valence-electron chi connectivity index (χ1n) is 7.55. The molecule has 0 aromatic heterocycles. The lowest BCUT2D eigenvalue weighted by molar-refractivity contribution is 0.162. The van der Waals surface area contributed by atoms with Crippen molar-refractivity contribution in [3.05, 3.63) is 0 Å². The van der Waals surface area contributed by atoms with Gasteiger partial charge in [0.1, 0.15) is 0 Å². The fourth-order valence-electron chi connectivity index (χ4n) is 2.03. The third-order valence-electron chi connectivity index (χ3n) is 4.37. The van der Waals surface area contributed by atoms with Crippen molar-refractivity contribution < 1.29 is 4.43 Å². The Morgan fingerprint density at radius 2 is 1.41 bits per heavy atom. The summed E-state index contributed by atoms with van der Waals surface area (Å²) < 4.78 is 6.43. The van der Waals surface area contributed by atoms with E-state index in [0.717, 1.165) is 5.92 Å². The Labute approximate surface area is 110 Å². The molecule has 0 amide bonds. The van der Waals surface area contributed by atoms with Crippen LogP contribution in [0.2, 0.25) is 18.6 Å². The molecular weight excluding hydrogens is 224 g/mol. The first kappa shape index (κ1) is 17.2. The first-order valence-corrected chi connectivity index (χ1v) is 10.5. The van der Waals surface area contributed by atoms with Gasteiger partial charge in [0.25, 0.3) is 0 Å². The van der Waals surface area contributed by atoms with Crippen molar-refractivity contribution in [3.8, 4) is 0 Å². The Hall–Kier alpha value is 0.177. The minimum atomic E-state index is -1.46. The molecule has 0 spiro atoms. The molecule has 1 unspecified atom stereocenters. The zero-order chi connectivity index (χ0) is 13.5. The first-order chi connectivity index (χ1) is 7.87. The molecule has 0 aliphatic rings. The Kier molecular flexibility index (Phi) is 8.40. The maximum atomic E-state index is 6.43. The third kappa shape index (κ3) is 6.61. The zero-order valence-corrected chi connectivity index (χ0v) is 14.2. The molecule has 0 rings (SSSR count). The Morgan fingerprint density at radius 1 is 0.882 bits per heavy atom. The van der Waals surface area contributed by atoms with Crippen LogP contribution in [0.5, 0.6) is 0 Å². The fraction of sp³-hybridized carbons (Fsp3) is 1.00. The summed E-state index contributed by atoms with van der Waals surface area (Å²) >= 11 is 0. The molecule has 1 nitrogen and oxygen atoms in total. The minimum Gasteiger partial charge on any atom is -0.414 e. The van der Waals surface area contributed by atoms with Crippen molar-refractivity contribution in [1.29, 1.82) is 0 Å². The van der Waals surface area contributed by atoms with Crippen LogP contribution in [0.25, 0.3) is 0 Å². The summed E-state index contributed by atoms with van der Waals surface area (Å²) in [7, 11) is -1.46. The third-order valence-corrected chi connectivity index (χ3v) is 8.09. The molecule has 0 aromatic rings. The van der Waals surface area contributed by atoms with E-state index < -0.39 is 8.32 Å². The molecule has 0 bridgehead atoms. The smallest absolute Gasteiger partial charge is 0.189 e. The van der Waals surface area contributed by atoms with Crippen molar-refractivity contribution >= 4 is 8.32 Å². The van der Waals surface area contributed by atoms with Crippen LogP contribution in [0.3, 0.4) is 0 Å². The molecule has 0 radical (unpaired) electrons. The van der Waals surface area contributed by atoms with Crippen molar-refractivity contribution in [2.75, 3.05) is 0 Å². The number of hydrogen-bond acceptors (Lipinski definition) is 1. The van der Waals surface area contributed by atoms with Crippen molar-refractivity contribution in [2.45, 2.75) is 91.5 Å². The normalized spacial score (nSPS) is 14.6. The molecule has 0 N–H and O–H groups in total. The predicted molar refractivity (Wildman–Crippen MR) is 81.1 cm³/mol. The number of rotatable bonds is 9. The zero-order valence-electron chi connectivity index (χ0n) is 13.2. The van der Waals surface area contributed by atoms with Gasteiger partial charge in [-0.1, -0.05) is 47.5 Å². The van der Waals surface area contributed by atoms with Crippen LogP contribution >= 0.6 is 0 Å². The summed E-state index contributed by atoms with van der Waals surface area (Å²) in [6, 6.07) is 0. The number of hydrogen-bond donors (Lipinski definition) is 0. The van der Waals surface area contributed by atoms with E-state index >= 15 is 0 Å². The van der Waals surface area contributed by atoms with E-state index in [1.165, 1.54) is 32.1 Å². The molecule has 17 heavy (non-hydrogen) atoms. The second kappa shape index (κ2) is 8.31. The van der Waals surface area contributed by atoms with Gasteiger partial charge >= 0.3 is 0 Å². The second-order valence-corrected chi connectivity index (χ2v) is 10.8. The average Bonchev–Trinajstić information content (AvgIpc) is 2.28.